The molecule has 224 valence electrons. The summed E-state index contributed by atoms with van der Waals surface area (Å²) in [6, 6.07) is 18.6. The van der Waals surface area contributed by atoms with Gasteiger partial charge in [-0.1, -0.05) is 42.8 Å². The number of amidine groups is 1. The van der Waals surface area contributed by atoms with Crippen molar-refractivity contribution in [3.05, 3.63) is 99.7 Å². The van der Waals surface area contributed by atoms with Gasteiger partial charge in [0.15, 0.2) is 0 Å². The molecule has 0 radical (unpaired) electrons. The zero-order valence-corrected chi connectivity index (χ0v) is 27.2. The van der Waals surface area contributed by atoms with E-state index in [-0.39, 0.29) is 5.91 Å². The van der Waals surface area contributed by atoms with Crippen molar-refractivity contribution in [3.63, 3.8) is 0 Å². The van der Waals surface area contributed by atoms with Crippen LogP contribution in [0, 0.1) is 0 Å². The molecule has 0 aliphatic carbocycles. The molecule has 0 spiro atoms. The molecule has 5 rings (SSSR count). The predicted octanol–water partition coefficient (Wildman–Crippen LogP) is 8.16. The Hall–Kier alpha value is -3.65. The van der Waals surface area contributed by atoms with Gasteiger partial charge in [-0.15, -0.1) is 11.3 Å². The highest BCUT2D eigenvalue weighted by atomic mass is 35.5. The fourth-order valence-electron chi connectivity index (χ4n) is 5.29. The third-order valence-corrected chi connectivity index (χ3v) is 9.36. The van der Waals surface area contributed by atoms with Gasteiger partial charge in [0.1, 0.15) is 11.7 Å². The molecule has 1 saturated heterocycles. The minimum absolute atomic E-state index is 0.109. The Morgan fingerprint density at radius 3 is 2.42 bits per heavy atom. The molecule has 1 amide bonds. The number of rotatable bonds is 8. The highest BCUT2D eigenvalue weighted by molar-refractivity contribution is 7.13. The van der Waals surface area contributed by atoms with E-state index in [2.05, 4.69) is 66.3 Å². The van der Waals surface area contributed by atoms with E-state index in [1.807, 2.05) is 55.6 Å². The predicted molar refractivity (Wildman–Crippen MR) is 184 cm³/mol. The second-order valence-electron chi connectivity index (χ2n) is 10.9. The van der Waals surface area contributed by atoms with Crippen molar-refractivity contribution < 1.29 is 4.79 Å². The highest BCUT2D eigenvalue weighted by Gasteiger charge is 2.31. The van der Waals surface area contributed by atoms with Crippen molar-refractivity contribution in [3.8, 4) is 10.4 Å². The number of hydrogen-bond donors (Lipinski definition) is 1. The van der Waals surface area contributed by atoms with Crippen molar-refractivity contribution in [1.29, 1.82) is 0 Å². The second kappa shape index (κ2) is 13.8. The maximum absolute atomic E-state index is 13.9. The molecule has 0 bridgehead atoms. The summed E-state index contributed by atoms with van der Waals surface area (Å²) < 4.78 is 0. The molecule has 0 atom stereocenters. The van der Waals surface area contributed by atoms with Crippen LogP contribution in [0.5, 0.6) is 0 Å². The summed E-state index contributed by atoms with van der Waals surface area (Å²) in [5.41, 5.74) is 6.52. The maximum Gasteiger partial charge on any atom is 0.260 e. The molecule has 43 heavy (non-hydrogen) atoms. The van der Waals surface area contributed by atoms with Crippen LogP contribution in [-0.4, -0.2) is 61.3 Å². The Kier molecular flexibility index (Phi) is 9.86. The van der Waals surface area contributed by atoms with E-state index in [4.69, 9.17) is 16.6 Å². The number of allylic oxidation sites excluding steroid dienone is 2. The molecule has 3 aromatic rings. The quantitative estimate of drug-likeness (QED) is 0.278. The van der Waals surface area contributed by atoms with Crippen LogP contribution in [0.1, 0.15) is 39.7 Å². The fourth-order valence-corrected chi connectivity index (χ4v) is 6.30. The number of nitrogens with zero attached hydrogens (tertiary/aromatic N) is 4. The molecular weight excluding hydrogens is 574 g/mol. The lowest BCUT2D eigenvalue weighted by Crippen LogP contribution is -2.44. The van der Waals surface area contributed by atoms with E-state index in [9.17, 15) is 4.79 Å². The van der Waals surface area contributed by atoms with Crippen LogP contribution >= 0.6 is 22.9 Å². The molecule has 2 aromatic carbocycles. The van der Waals surface area contributed by atoms with Crippen LogP contribution in [0.4, 0.5) is 11.4 Å². The van der Waals surface area contributed by atoms with Crippen molar-refractivity contribution in [2.75, 3.05) is 50.0 Å². The first kappa shape index (κ1) is 30.8. The minimum atomic E-state index is -0.109. The molecular formula is C35H40ClN5OS. The average molecular weight is 614 g/mol. The van der Waals surface area contributed by atoms with E-state index in [0.29, 0.717) is 23.0 Å². The summed E-state index contributed by atoms with van der Waals surface area (Å²) >= 11 is 8.45. The number of likely N-dealkylation sites (N-methyl/N-ethyl adjacent to an activating group) is 2. The van der Waals surface area contributed by atoms with Crippen LogP contribution < -0.4 is 10.2 Å². The summed E-state index contributed by atoms with van der Waals surface area (Å²) in [5, 5.41) is 6.15. The molecule has 0 saturated carbocycles. The van der Waals surface area contributed by atoms with Gasteiger partial charge in [0.05, 0.1) is 0 Å². The lowest BCUT2D eigenvalue weighted by Gasteiger charge is -2.34. The Morgan fingerprint density at radius 1 is 1.07 bits per heavy atom. The van der Waals surface area contributed by atoms with Crippen molar-refractivity contribution in [1.82, 2.24) is 9.80 Å². The monoisotopic (exact) mass is 613 g/mol. The first-order valence-electron chi connectivity index (χ1n) is 15.0. The second-order valence-corrected chi connectivity index (χ2v) is 12.3. The van der Waals surface area contributed by atoms with Gasteiger partial charge in [-0.3, -0.25) is 9.69 Å². The Labute approximate surface area is 264 Å². The summed E-state index contributed by atoms with van der Waals surface area (Å²) in [7, 11) is 2.17. The van der Waals surface area contributed by atoms with E-state index < -0.39 is 0 Å². The standard InChI is InChI=1S/C35H40ClN5OS/c1-6-24(4)33(37-27-12-14-28(15-13-27)40-19-17-39(5)18-20-40)38-34-25(7-2)22-30(35(42)41(34)8-3)29-16-11-26(23-31(29)36)32-10-9-21-43-32/h7,9-16,21-23,37H,6,8,17-20H2,1-5H3/b25-7-,33-24+,38-34+. The molecule has 6 nitrogen and oxygen atoms in total. The fraction of sp³-hybridized carbons (Fsp3) is 0.314. The zero-order valence-electron chi connectivity index (χ0n) is 25.7. The maximum atomic E-state index is 13.9. The van der Waals surface area contributed by atoms with E-state index in [1.54, 1.807) is 16.2 Å². The third kappa shape index (κ3) is 6.80. The van der Waals surface area contributed by atoms with Crippen molar-refractivity contribution in [2.24, 2.45) is 4.99 Å². The number of halogens is 1. The number of amides is 1. The first-order valence-corrected chi connectivity index (χ1v) is 16.2. The van der Waals surface area contributed by atoms with Gasteiger partial charge in [0.2, 0.25) is 0 Å². The molecule has 3 heterocycles. The van der Waals surface area contributed by atoms with Crippen molar-refractivity contribution >= 4 is 51.6 Å². The summed E-state index contributed by atoms with van der Waals surface area (Å²) in [6.07, 6.45) is 4.76. The SMILES string of the molecule is C/C=C1/C=C(c2ccc(-c3cccs3)cc2Cl)C(=O)N(CC)/C1=N/C(Nc1ccc(N2CCN(C)CC2)cc1)=C(\C)CC. The number of nitrogens with one attached hydrogen (secondary N) is 1. The Balaban J connectivity index is 1.44. The van der Waals surface area contributed by atoms with Gasteiger partial charge in [-0.25, -0.2) is 4.99 Å². The summed E-state index contributed by atoms with van der Waals surface area (Å²) in [6.45, 7) is 12.8. The molecule has 1 aromatic heterocycles. The van der Waals surface area contributed by atoms with Crippen LogP contribution in [0.25, 0.3) is 16.0 Å². The van der Waals surface area contributed by atoms with Crippen molar-refractivity contribution in [2.45, 2.75) is 34.1 Å². The number of carbonyl (C=O) groups is 1. The summed E-state index contributed by atoms with van der Waals surface area (Å²) in [4.78, 5) is 26.7. The minimum Gasteiger partial charge on any atom is -0.369 e. The van der Waals surface area contributed by atoms with E-state index in [0.717, 1.165) is 71.3 Å². The van der Waals surface area contributed by atoms with Gasteiger partial charge in [-0.2, -0.15) is 0 Å². The van der Waals surface area contributed by atoms with E-state index >= 15 is 0 Å². The normalized spacial score (nSPS) is 18.7. The average Bonchev–Trinajstić information content (AvgIpc) is 3.57. The van der Waals surface area contributed by atoms with Crippen LogP contribution in [0.3, 0.4) is 0 Å². The lowest BCUT2D eigenvalue weighted by molar-refractivity contribution is -0.121. The zero-order chi connectivity index (χ0) is 30.5. The molecule has 1 fully saturated rings. The van der Waals surface area contributed by atoms with E-state index in [1.165, 1.54) is 5.69 Å². The largest absolute Gasteiger partial charge is 0.369 e. The van der Waals surface area contributed by atoms with Crippen LogP contribution in [0.15, 0.2) is 94.1 Å². The summed E-state index contributed by atoms with van der Waals surface area (Å²) in [5.74, 6) is 1.28. The van der Waals surface area contributed by atoms with Gasteiger partial charge >= 0.3 is 0 Å². The van der Waals surface area contributed by atoms with Crippen LogP contribution in [-0.2, 0) is 4.79 Å². The smallest absolute Gasteiger partial charge is 0.260 e. The third-order valence-electron chi connectivity index (χ3n) is 8.13. The molecule has 8 heteroatoms. The van der Waals surface area contributed by atoms with Gasteiger partial charge in [-0.05, 0) is 93.2 Å². The highest BCUT2D eigenvalue weighted by Crippen LogP contribution is 2.35. The molecule has 0 unspecified atom stereocenters. The Morgan fingerprint density at radius 2 is 1.81 bits per heavy atom. The number of piperazine rings is 1. The first-order chi connectivity index (χ1) is 20.8. The molecule has 2 aliphatic heterocycles. The topological polar surface area (TPSA) is 51.2 Å². The number of carbonyl (C=O) groups excluding carboxylic acids is 1. The lowest BCUT2D eigenvalue weighted by atomic mass is 9.95. The number of thiophene rings is 1. The number of benzene rings is 2. The number of aliphatic imine (C=N–C) groups is 1. The number of hydrogen-bond acceptors (Lipinski definition) is 6. The van der Waals surface area contributed by atoms with Gasteiger partial charge < -0.3 is 15.1 Å². The van der Waals surface area contributed by atoms with Gasteiger partial charge in [0.25, 0.3) is 5.91 Å². The van der Waals surface area contributed by atoms with Gasteiger partial charge in [0, 0.05) is 70.7 Å². The van der Waals surface area contributed by atoms with Crippen LogP contribution in [0.2, 0.25) is 5.02 Å². The number of anilines is 2. The molecule has 1 N–H and O–H groups in total. The Bertz CT molecular complexity index is 1580. The molecule has 2 aliphatic rings.